The van der Waals surface area contributed by atoms with Gasteiger partial charge in [0.15, 0.2) is 0 Å². The van der Waals surface area contributed by atoms with Gasteiger partial charge >= 0.3 is 0 Å². The first-order valence-corrected chi connectivity index (χ1v) is 12.2. The van der Waals surface area contributed by atoms with Crippen LogP contribution in [0.3, 0.4) is 0 Å². The number of aliphatic hydroxyl groups excluding tert-OH is 1. The highest BCUT2D eigenvalue weighted by atomic mass is 16.5. The number of hydrogen-bond donors (Lipinski definition) is 2. The molecule has 2 N–H and O–H groups in total. The summed E-state index contributed by atoms with van der Waals surface area (Å²) in [5, 5.41) is 13.2. The van der Waals surface area contributed by atoms with Crippen molar-refractivity contribution in [1.82, 2.24) is 4.90 Å². The number of allylic oxidation sites excluding steroid dienone is 2. The molecule has 34 heavy (non-hydrogen) atoms. The van der Waals surface area contributed by atoms with Crippen LogP contribution >= 0.6 is 0 Å². The van der Waals surface area contributed by atoms with E-state index >= 15 is 0 Å². The quantitative estimate of drug-likeness (QED) is 0.564. The van der Waals surface area contributed by atoms with Gasteiger partial charge in [0.25, 0.3) is 0 Å². The Kier molecular flexibility index (Phi) is 7.54. The van der Waals surface area contributed by atoms with Crippen LogP contribution in [0, 0.1) is 5.41 Å². The minimum atomic E-state index is -1.08. The summed E-state index contributed by atoms with van der Waals surface area (Å²) in [4.78, 5) is 15.8. The van der Waals surface area contributed by atoms with Crippen LogP contribution in [0.5, 0.6) is 5.75 Å². The molecule has 5 heteroatoms. The number of aliphatic hydroxyl groups is 1. The Morgan fingerprint density at radius 1 is 1.12 bits per heavy atom. The topological polar surface area (TPSA) is 61.8 Å². The van der Waals surface area contributed by atoms with Crippen molar-refractivity contribution in [1.29, 1.82) is 0 Å². The van der Waals surface area contributed by atoms with E-state index < -0.39 is 5.41 Å². The first-order chi connectivity index (χ1) is 16.5. The number of likely N-dealkylation sites (tertiary alicyclic amines) is 1. The Balaban J connectivity index is 1.49. The maximum atomic E-state index is 13.3. The Morgan fingerprint density at radius 3 is 2.38 bits per heavy atom. The summed E-state index contributed by atoms with van der Waals surface area (Å²) in [7, 11) is 1.70. The highest BCUT2D eigenvalue weighted by Gasteiger charge is 2.35. The molecule has 0 radical (unpaired) electrons. The van der Waals surface area contributed by atoms with Crippen molar-refractivity contribution >= 4 is 11.6 Å². The van der Waals surface area contributed by atoms with Gasteiger partial charge in [-0.1, -0.05) is 54.6 Å². The van der Waals surface area contributed by atoms with Crippen LogP contribution in [-0.2, 0) is 4.79 Å². The van der Waals surface area contributed by atoms with E-state index in [0.29, 0.717) is 12.0 Å². The lowest BCUT2D eigenvalue weighted by molar-refractivity contribution is -0.122. The van der Waals surface area contributed by atoms with Gasteiger partial charge in [0.2, 0.25) is 5.91 Å². The van der Waals surface area contributed by atoms with E-state index in [-0.39, 0.29) is 18.4 Å². The molecular formula is C29H36N2O3. The molecule has 2 aliphatic rings. The number of nitrogens with one attached hydrogen (secondary N) is 1. The molecular weight excluding hydrogens is 424 g/mol. The van der Waals surface area contributed by atoms with Crippen LogP contribution in [0.15, 0.2) is 72.8 Å². The van der Waals surface area contributed by atoms with Crippen LogP contribution in [0.4, 0.5) is 5.69 Å². The molecule has 1 fully saturated rings. The summed E-state index contributed by atoms with van der Waals surface area (Å²) >= 11 is 0. The monoisotopic (exact) mass is 460 g/mol. The molecule has 1 heterocycles. The van der Waals surface area contributed by atoms with Crippen molar-refractivity contribution in [2.75, 3.05) is 32.1 Å². The number of ether oxygens (including phenoxy) is 1. The van der Waals surface area contributed by atoms with Crippen molar-refractivity contribution in [3.05, 3.63) is 84.0 Å². The molecule has 0 spiro atoms. The second-order valence-electron chi connectivity index (χ2n) is 9.67. The smallest absolute Gasteiger partial charge is 0.240 e. The number of amides is 1. The lowest BCUT2D eigenvalue weighted by atomic mass is 9.79. The van der Waals surface area contributed by atoms with Crippen LogP contribution in [0.25, 0.3) is 0 Å². The minimum absolute atomic E-state index is 0.0953. The summed E-state index contributed by atoms with van der Waals surface area (Å²) in [5.74, 6) is 1.12. The molecule has 1 aliphatic carbocycles. The van der Waals surface area contributed by atoms with Crippen LogP contribution in [-0.4, -0.2) is 48.8 Å². The molecule has 180 valence electrons. The zero-order valence-electron chi connectivity index (χ0n) is 20.4. The van der Waals surface area contributed by atoms with Gasteiger partial charge in [-0.3, -0.25) is 4.79 Å². The van der Waals surface area contributed by atoms with E-state index in [1.807, 2.05) is 60.7 Å². The minimum Gasteiger partial charge on any atom is -0.496 e. The van der Waals surface area contributed by atoms with E-state index in [2.05, 4.69) is 36.2 Å². The Hall–Kier alpha value is -2.89. The number of piperidine rings is 1. The van der Waals surface area contributed by atoms with E-state index in [1.54, 1.807) is 7.11 Å². The number of benzene rings is 2. The zero-order valence-corrected chi connectivity index (χ0v) is 20.4. The van der Waals surface area contributed by atoms with Crippen molar-refractivity contribution in [2.45, 2.75) is 44.6 Å². The fraction of sp³-hybridized carbons (Fsp3) is 0.414. The van der Waals surface area contributed by atoms with Gasteiger partial charge in [0, 0.05) is 17.6 Å². The largest absolute Gasteiger partial charge is 0.496 e. The SMILES string of the molecule is COc1ccc(NC(=O)C2(CO)C=CC(c3ccccc3)C=C2)cc1C1CCN(C(C)C)CC1. The third-order valence-corrected chi connectivity index (χ3v) is 7.26. The van der Waals surface area contributed by atoms with Crippen molar-refractivity contribution in [3.8, 4) is 5.75 Å². The summed E-state index contributed by atoms with van der Waals surface area (Å²) in [6.45, 7) is 6.32. The maximum absolute atomic E-state index is 13.3. The fourth-order valence-electron chi connectivity index (χ4n) is 5.00. The first kappa shape index (κ1) is 24.2. The molecule has 0 aromatic heterocycles. The number of anilines is 1. The van der Waals surface area contributed by atoms with Gasteiger partial charge in [0.05, 0.1) is 13.7 Å². The van der Waals surface area contributed by atoms with Crippen molar-refractivity contribution < 1.29 is 14.6 Å². The molecule has 1 saturated heterocycles. The second-order valence-corrected chi connectivity index (χ2v) is 9.67. The molecule has 0 bridgehead atoms. The molecule has 0 saturated carbocycles. The van der Waals surface area contributed by atoms with Gasteiger partial charge in [-0.25, -0.2) is 0 Å². The fourth-order valence-corrected chi connectivity index (χ4v) is 5.00. The summed E-state index contributed by atoms with van der Waals surface area (Å²) in [5.41, 5.74) is 1.95. The Bertz CT molecular complexity index is 1020. The average Bonchev–Trinajstić information content (AvgIpc) is 2.89. The van der Waals surface area contributed by atoms with E-state index in [0.717, 1.165) is 48.5 Å². The van der Waals surface area contributed by atoms with E-state index in [1.165, 1.54) is 0 Å². The summed E-state index contributed by atoms with van der Waals surface area (Å²) in [6.07, 6.45) is 9.77. The van der Waals surface area contributed by atoms with Crippen LogP contribution < -0.4 is 10.1 Å². The number of rotatable bonds is 7. The number of carbonyl (C=O) groups excluding carboxylic acids is 1. The molecule has 0 atom stereocenters. The standard InChI is InChI=1S/C29H36N2O3/c1-21(2)31-17-13-24(14-18-31)26-19-25(9-10-27(26)34-3)30-28(33)29(20-32)15-11-23(12-16-29)22-7-5-4-6-8-22/h4-12,15-16,19,21,23-24,32H,13-14,17-18,20H2,1-3H3,(H,30,33). The number of nitrogens with zero attached hydrogens (tertiary/aromatic N) is 1. The van der Waals surface area contributed by atoms with E-state index in [9.17, 15) is 9.90 Å². The summed E-state index contributed by atoms with van der Waals surface area (Å²) < 4.78 is 5.66. The van der Waals surface area contributed by atoms with Gasteiger partial charge < -0.3 is 20.1 Å². The van der Waals surface area contributed by atoms with Gasteiger partial charge in [0.1, 0.15) is 11.2 Å². The highest BCUT2D eigenvalue weighted by molar-refractivity contribution is 5.98. The third-order valence-electron chi connectivity index (χ3n) is 7.26. The predicted molar refractivity (Wildman–Crippen MR) is 137 cm³/mol. The zero-order chi connectivity index (χ0) is 24.1. The maximum Gasteiger partial charge on any atom is 0.240 e. The normalized spacial score (nSPS) is 23.3. The molecule has 5 nitrogen and oxygen atoms in total. The Labute approximate surface area is 203 Å². The average molecular weight is 461 g/mol. The van der Waals surface area contributed by atoms with Crippen LogP contribution in [0.1, 0.15) is 49.7 Å². The van der Waals surface area contributed by atoms with Crippen LogP contribution in [0.2, 0.25) is 0 Å². The molecule has 0 unspecified atom stereocenters. The number of carbonyl (C=O) groups is 1. The Morgan fingerprint density at radius 2 is 1.79 bits per heavy atom. The van der Waals surface area contributed by atoms with Crippen molar-refractivity contribution in [3.63, 3.8) is 0 Å². The molecule has 2 aromatic carbocycles. The van der Waals surface area contributed by atoms with Crippen molar-refractivity contribution in [2.24, 2.45) is 5.41 Å². The highest BCUT2D eigenvalue weighted by Crippen LogP contribution is 2.37. The third kappa shape index (κ3) is 5.11. The number of hydrogen-bond acceptors (Lipinski definition) is 4. The van der Waals surface area contributed by atoms with Gasteiger partial charge in [-0.2, -0.15) is 0 Å². The molecule has 1 amide bonds. The molecule has 1 aliphatic heterocycles. The van der Waals surface area contributed by atoms with Gasteiger partial charge in [-0.15, -0.1) is 0 Å². The lowest BCUT2D eigenvalue weighted by Crippen LogP contribution is -2.38. The predicted octanol–water partition coefficient (Wildman–Crippen LogP) is 5.11. The second kappa shape index (κ2) is 10.6. The summed E-state index contributed by atoms with van der Waals surface area (Å²) in [6, 6.07) is 16.5. The first-order valence-electron chi connectivity index (χ1n) is 12.2. The number of methoxy groups -OCH3 is 1. The molecule has 4 rings (SSSR count). The molecule has 2 aromatic rings. The lowest BCUT2D eigenvalue weighted by Gasteiger charge is -2.35. The van der Waals surface area contributed by atoms with E-state index in [4.69, 9.17) is 4.74 Å². The van der Waals surface area contributed by atoms with Gasteiger partial charge in [-0.05, 0) is 75.0 Å².